The van der Waals surface area contributed by atoms with Gasteiger partial charge in [-0.15, -0.1) is 0 Å². The Hall–Kier alpha value is -7.27. The number of carbonyl (C=O) groups excluding carboxylic acids is 6. The van der Waals surface area contributed by atoms with Crippen molar-refractivity contribution >= 4 is 64.2 Å². The Bertz CT molecular complexity index is 2140. The summed E-state index contributed by atoms with van der Waals surface area (Å²) in [6.45, 7) is 1.86. The number of H-pyrrole nitrogens is 1. The first-order chi connectivity index (χ1) is 30.4. The fraction of sp³-hybridized carbons (Fsp3) is 0.439. The maximum atomic E-state index is 14.4. The van der Waals surface area contributed by atoms with Crippen LogP contribution in [-0.2, 0) is 51.2 Å². The fourth-order valence-electron chi connectivity index (χ4n) is 6.44. The Balaban J connectivity index is 1.94. The molecule has 7 atom stereocenters. The van der Waals surface area contributed by atoms with Crippen LogP contribution in [0.2, 0.25) is 0 Å². The van der Waals surface area contributed by atoms with Gasteiger partial charge in [-0.25, -0.2) is 4.79 Å². The van der Waals surface area contributed by atoms with Gasteiger partial charge in [0.1, 0.15) is 42.0 Å². The molecule has 0 unspecified atom stereocenters. The molecule has 17 N–H and O–H groups in total. The van der Waals surface area contributed by atoms with Crippen molar-refractivity contribution in [3.8, 4) is 5.75 Å². The number of amides is 6. The second-order valence-corrected chi connectivity index (χ2v) is 14.9. The Labute approximate surface area is 367 Å². The minimum absolute atomic E-state index is 0.0148. The van der Waals surface area contributed by atoms with Crippen LogP contribution in [0, 0.1) is 5.92 Å². The van der Waals surface area contributed by atoms with Gasteiger partial charge in [0.25, 0.3) is 0 Å². The minimum atomic E-state index is -1.84. The van der Waals surface area contributed by atoms with Gasteiger partial charge in [0.05, 0.1) is 19.6 Å². The molecule has 0 spiro atoms. The molecular formula is C41H57N11O12. The summed E-state index contributed by atoms with van der Waals surface area (Å²) in [4.78, 5) is 112. The van der Waals surface area contributed by atoms with Gasteiger partial charge in [0, 0.05) is 36.5 Å². The molecule has 0 bridgehead atoms. The topological polar surface area (TPSA) is 396 Å². The molecule has 1 aromatic heterocycles. The first kappa shape index (κ1) is 51.1. The molecule has 1 heterocycles. The normalized spacial score (nSPS) is 14.2. The summed E-state index contributed by atoms with van der Waals surface area (Å²) < 4.78 is 0. The molecule has 23 heteroatoms. The van der Waals surface area contributed by atoms with Crippen molar-refractivity contribution in [1.29, 1.82) is 0 Å². The lowest BCUT2D eigenvalue weighted by molar-refractivity contribution is -0.144. The molecule has 2 aromatic carbocycles. The number of nitrogens with one attached hydrogen (secondary N) is 7. The van der Waals surface area contributed by atoms with Gasteiger partial charge in [-0.05, 0) is 48.1 Å². The summed E-state index contributed by atoms with van der Waals surface area (Å²) in [7, 11) is 0. The van der Waals surface area contributed by atoms with E-state index in [0.717, 1.165) is 10.9 Å². The highest BCUT2D eigenvalue weighted by atomic mass is 16.4. The minimum Gasteiger partial charge on any atom is -0.508 e. The third kappa shape index (κ3) is 15.9. The number of carboxylic acid groups (broad SMARTS) is 2. The van der Waals surface area contributed by atoms with Gasteiger partial charge in [-0.2, -0.15) is 0 Å². The van der Waals surface area contributed by atoms with E-state index in [1.54, 1.807) is 56.4 Å². The second-order valence-electron chi connectivity index (χ2n) is 14.9. The lowest BCUT2D eigenvalue weighted by Crippen LogP contribution is -2.61. The smallest absolute Gasteiger partial charge is 0.328 e. The summed E-state index contributed by atoms with van der Waals surface area (Å²) in [5.41, 5.74) is 18.1. The molecule has 23 nitrogen and oxygen atoms in total. The number of aliphatic hydroxyl groups is 1. The zero-order chi connectivity index (χ0) is 47.5. The van der Waals surface area contributed by atoms with E-state index in [0.29, 0.717) is 11.1 Å². The van der Waals surface area contributed by atoms with Gasteiger partial charge in [-0.3, -0.25) is 38.6 Å². The highest BCUT2D eigenvalue weighted by Crippen LogP contribution is 2.20. The molecule has 0 fully saturated rings. The number of fused-ring (bicyclic) bond motifs is 1. The van der Waals surface area contributed by atoms with Crippen molar-refractivity contribution in [1.82, 2.24) is 36.9 Å². The number of guanidine groups is 1. The molecule has 0 radical (unpaired) electrons. The number of aromatic hydroxyl groups is 1. The van der Waals surface area contributed by atoms with Gasteiger partial charge >= 0.3 is 11.9 Å². The molecular weight excluding hydrogens is 839 g/mol. The van der Waals surface area contributed by atoms with Crippen molar-refractivity contribution in [2.24, 2.45) is 28.1 Å². The summed E-state index contributed by atoms with van der Waals surface area (Å²) in [5, 5.41) is 53.7. The molecule has 64 heavy (non-hydrogen) atoms. The molecule has 0 aliphatic heterocycles. The molecule has 0 aliphatic rings. The van der Waals surface area contributed by atoms with Gasteiger partial charge in [0.15, 0.2) is 5.96 Å². The van der Waals surface area contributed by atoms with E-state index in [4.69, 9.17) is 17.2 Å². The lowest BCUT2D eigenvalue weighted by atomic mass is 9.96. The first-order valence-corrected chi connectivity index (χ1v) is 20.3. The van der Waals surface area contributed by atoms with Crippen molar-refractivity contribution in [3.63, 3.8) is 0 Å². The molecule has 0 aliphatic carbocycles. The summed E-state index contributed by atoms with van der Waals surface area (Å²) in [6, 6.07) is 3.86. The molecule has 348 valence electrons. The van der Waals surface area contributed by atoms with Crippen LogP contribution >= 0.6 is 0 Å². The predicted molar refractivity (Wildman–Crippen MR) is 231 cm³/mol. The van der Waals surface area contributed by atoms with E-state index < -0.39 is 109 Å². The molecule has 0 saturated heterocycles. The number of aliphatic imine (C=N–C) groups is 1. The number of aromatic nitrogens is 1. The van der Waals surface area contributed by atoms with Gasteiger partial charge < -0.3 is 74.5 Å². The number of benzene rings is 2. The number of nitrogens with two attached hydrogens (primary N) is 3. The van der Waals surface area contributed by atoms with Crippen LogP contribution in [0.4, 0.5) is 0 Å². The molecule has 3 rings (SSSR count). The zero-order valence-corrected chi connectivity index (χ0v) is 35.3. The quantitative estimate of drug-likeness (QED) is 0.0220. The number of carboxylic acids is 2. The van der Waals surface area contributed by atoms with Crippen LogP contribution in [0.5, 0.6) is 5.75 Å². The van der Waals surface area contributed by atoms with Crippen LogP contribution in [0.25, 0.3) is 10.9 Å². The number of hydrogen-bond acceptors (Lipinski definition) is 12. The number of aliphatic carboxylic acids is 2. The Morgan fingerprint density at radius 3 is 1.92 bits per heavy atom. The summed E-state index contributed by atoms with van der Waals surface area (Å²) in [5.74, 6) is -9.59. The van der Waals surface area contributed by atoms with Gasteiger partial charge in [-0.1, -0.05) is 50.6 Å². The predicted octanol–water partition coefficient (Wildman–Crippen LogP) is -2.82. The maximum absolute atomic E-state index is 14.4. The van der Waals surface area contributed by atoms with E-state index in [-0.39, 0.29) is 50.4 Å². The van der Waals surface area contributed by atoms with E-state index >= 15 is 0 Å². The van der Waals surface area contributed by atoms with Crippen molar-refractivity contribution in [3.05, 3.63) is 65.9 Å². The maximum Gasteiger partial charge on any atom is 0.328 e. The largest absolute Gasteiger partial charge is 0.508 e. The summed E-state index contributed by atoms with van der Waals surface area (Å²) in [6.07, 6.45) is 0.620. The molecule has 3 aromatic rings. The number of para-hydroxylation sites is 1. The number of hydrogen-bond donors (Lipinski definition) is 14. The third-order valence-corrected chi connectivity index (χ3v) is 10.1. The molecule has 0 saturated carbocycles. The monoisotopic (exact) mass is 895 g/mol. The van der Waals surface area contributed by atoms with E-state index in [1.165, 1.54) is 12.1 Å². The van der Waals surface area contributed by atoms with E-state index in [1.807, 2.05) is 0 Å². The number of phenols is 1. The number of carbonyl (C=O) groups is 8. The standard InChI is InChI=1S/C41H57N11O12/c1-3-21(2)34(39(62)50-30(17-33(56)57)37(60)48-27(9-6-14-45-41(43)44)35(58)51-31(20-53)40(63)64)52-38(61)29(16-23-19-46-26-8-5-4-7-25(23)26)49-36(59)28(47-32(55)18-42)15-22-10-12-24(54)13-11-22/h4-5,7-8,10-13,19,21,27-31,34,46,53-54H,3,6,9,14-18,20,42H2,1-2H3,(H,47,55)(H,48,60)(H,49,59)(H,50,62)(H,51,58)(H,52,61)(H,56,57)(H,63,64)(H4,43,44,45)/t21-,27-,28-,29-,30-,31-,34-/m0/s1. The van der Waals surface area contributed by atoms with Crippen molar-refractivity contribution < 1.29 is 58.8 Å². The number of aliphatic hydroxyl groups excluding tert-OH is 1. The Morgan fingerprint density at radius 1 is 0.734 bits per heavy atom. The number of aromatic amines is 1. The number of rotatable bonds is 26. The highest BCUT2D eigenvalue weighted by molar-refractivity contribution is 5.98. The third-order valence-electron chi connectivity index (χ3n) is 10.1. The SMILES string of the molecule is CC[C@H](C)[C@H](NC(=O)[C@H](Cc1c[nH]c2ccccc12)NC(=O)[C@H](Cc1ccc(O)cc1)NC(=O)CN)C(=O)N[C@@H](CC(=O)O)C(=O)N[C@@H](CCCN=C(N)N)C(=O)N[C@@H](CO)C(=O)O. The highest BCUT2D eigenvalue weighted by Gasteiger charge is 2.36. The summed E-state index contributed by atoms with van der Waals surface area (Å²) >= 11 is 0. The van der Waals surface area contributed by atoms with Crippen LogP contribution < -0.4 is 49.1 Å². The van der Waals surface area contributed by atoms with E-state index in [2.05, 4.69) is 41.9 Å². The first-order valence-electron chi connectivity index (χ1n) is 20.3. The van der Waals surface area contributed by atoms with Crippen LogP contribution in [0.1, 0.15) is 50.7 Å². The zero-order valence-electron chi connectivity index (χ0n) is 35.3. The van der Waals surface area contributed by atoms with Crippen LogP contribution in [0.15, 0.2) is 59.7 Å². The average molecular weight is 896 g/mol. The second kappa shape index (κ2) is 25.0. The van der Waals surface area contributed by atoms with Crippen molar-refractivity contribution in [2.75, 3.05) is 19.7 Å². The Morgan fingerprint density at radius 2 is 1.31 bits per heavy atom. The molecule has 6 amide bonds. The van der Waals surface area contributed by atoms with Crippen molar-refractivity contribution in [2.45, 2.75) is 88.6 Å². The number of nitrogens with zero attached hydrogens (tertiary/aromatic N) is 1. The average Bonchev–Trinajstić information content (AvgIpc) is 3.67. The Kier molecular flexibility index (Phi) is 19.9. The van der Waals surface area contributed by atoms with Crippen LogP contribution in [-0.4, -0.2) is 135 Å². The van der Waals surface area contributed by atoms with E-state index in [9.17, 15) is 58.8 Å². The van der Waals surface area contributed by atoms with Gasteiger partial charge in [0.2, 0.25) is 35.4 Å². The fourth-order valence-corrected chi connectivity index (χ4v) is 6.44. The lowest BCUT2D eigenvalue weighted by Gasteiger charge is -2.29. The number of phenolic OH excluding ortho intramolecular Hbond substituents is 1. The van der Waals surface area contributed by atoms with Crippen LogP contribution in [0.3, 0.4) is 0 Å².